The van der Waals surface area contributed by atoms with Crippen molar-refractivity contribution in [1.82, 2.24) is 19.5 Å². The van der Waals surface area contributed by atoms with Crippen molar-refractivity contribution in [3.8, 4) is 0 Å². The van der Waals surface area contributed by atoms with Gasteiger partial charge in [-0.3, -0.25) is 4.57 Å². The van der Waals surface area contributed by atoms with Gasteiger partial charge in [-0.2, -0.15) is 4.98 Å². The lowest BCUT2D eigenvalue weighted by Gasteiger charge is -2.16. The third-order valence-electron chi connectivity index (χ3n) is 3.19. The Kier molecular flexibility index (Phi) is 3.50. The molecule has 3 heterocycles. The maximum atomic E-state index is 10.0. The number of anilines is 1. The van der Waals surface area contributed by atoms with Gasteiger partial charge in [0.2, 0.25) is 5.95 Å². The van der Waals surface area contributed by atoms with Gasteiger partial charge in [-0.1, -0.05) is 0 Å². The molecule has 0 bridgehead atoms. The SMILES string of the molecule is Nc1nc(I)c2ncn(C3OC(CO)C(O)C3O)c2n1. The van der Waals surface area contributed by atoms with Crippen molar-refractivity contribution in [2.75, 3.05) is 12.3 Å². The van der Waals surface area contributed by atoms with Crippen LogP contribution in [0.3, 0.4) is 0 Å². The van der Waals surface area contributed by atoms with Crippen LogP contribution in [-0.4, -0.2) is 59.8 Å². The van der Waals surface area contributed by atoms with Crippen molar-refractivity contribution in [3.63, 3.8) is 0 Å². The van der Waals surface area contributed by atoms with Crippen LogP contribution < -0.4 is 5.73 Å². The first-order valence-electron chi connectivity index (χ1n) is 5.81. The largest absolute Gasteiger partial charge is 0.394 e. The molecule has 0 radical (unpaired) electrons. The molecule has 0 aromatic carbocycles. The number of aromatic nitrogens is 4. The third kappa shape index (κ3) is 2.03. The zero-order valence-corrected chi connectivity index (χ0v) is 12.2. The van der Waals surface area contributed by atoms with Crippen molar-refractivity contribution in [2.45, 2.75) is 24.5 Å². The van der Waals surface area contributed by atoms with E-state index < -0.39 is 31.1 Å². The molecule has 1 saturated heterocycles. The van der Waals surface area contributed by atoms with E-state index in [0.717, 1.165) is 0 Å². The van der Waals surface area contributed by atoms with Gasteiger partial charge in [0.05, 0.1) is 12.9 Å². The van der Waals surface area contributed by atoms with Crippen LogP contribution in [-0.2, 0) is 4.74 Å². The van der Waals surface area contributed by atoms with E-state index in [0.29, 0.717) is 14.9 Å². The first kappa shape index (κ1) is 13.9. The monoisotopic (exact) mass is 393 g/mol. The quantitative estimate of drug-likeness (QED) is 0.362. The molecule has 1 aliphatic heterocycles. The number of aliphatic hydroxyl groups excluding tert-OH is 3. The number of nitrogens with zero attached hydrogens (tertiary/aromatic N) is 4. The molecule has 0 aliphatic carbocycles. The summed E-state index contributed by atoms with van der Waals surface area (Å²) in [6.07, 6.45) is -2.69. The molecule has 5 N–H and O–H groups in total. The highest BCUT2D eigenvalue weighted by atomic mass is 127. The van der Waals surface area contributed by atoms with Crippen molar-refractivity contribution < 1.29 is 20.1 Å². The van der Waals surface area contributed by atoms with Crippen LogP contribution in [0.1, 0.15) is 6.23 Å². The zero-order chi connectivity index (χ0) is 14.4. The van der Waals surface area contributed by atoms with Crippen molar-refractivity contribution in [1.29, 1.82) is 0 Å². The zero-order valence-electron chi connectivity index (χ0n) is 10.1. The first-order valence-corrected chi connectivity index (χ1v) is 6.88. The van der Waals surface area contributed by atoms with Gasteiger partial charge in [-0.05, 0) is 22.6 Å². The summed E-state index contributed by atoms with van der Waals surface area (Å²) < 4.78 is 7.49. The summed E-state index contributed by atoms with van der Waals surface area (Å²) in [6, 6.07) is 0. The van der Waals surface area contributed by atoms with Gasteiger partial charge in [0, 0.05) is 0 Å². The fraction of sp³-hybridized carbons (Fsp3) is 0.500. The molecule has 0 spiro atoms. The van der Waals surface area contributed by atoms with Crippen LogP contribution in [0.5, 0.6) is 0 Å². The average molecular weight is 393 g/mol. The van der Waals surface area contributed by atoms with Crippen LogP contribution in [0.2, 0.25) is 0 Å². The number of hydrogen-bond acceptors (Lipinski definition) is 8. The Bertz CT molecular complexity index is 650. The molecule has 1 fully saturated rings. The highest BCUT2D eigenvalue weighted by molar-refractivity contribution is 14.1. The van der Waals surface area contributed by atoms with E-state index in [2.05, 4.69) is 15.0 Å². The van der Waals surface area contributed by atoms with E-state index >= 15 is 0 Å². The highest BCUT2D eigenvalue weighted by Crippen LogP contribution is 2.31. The standard InChI is InChI=1S/C10H12IN5O4/c11-7-4-8(15-10(12)14-7)16(2-13-4)9-6(19)5(18)3(1-17)20-9/h2-3,5-6,9,17-19H,1H2,(H2,12,14,15). The summed E-state index contributed by atoms with van der Waals surface area (Å²) >= 11 is 1.98. The second-order valence-electron chi connectivity index (χ2n) is 4.43. The second kappa shape index (κ2) is 5.04. The molecule has 10 heteroatoms. The third-order valence-corrected chi connectivity index (χ3v) is 3.94. The normalized spacial score (nSPS) is 30.2. The molecule has 4 atom stereocenters. The number of aliphatic hydroxyl groups is 3. The van der Waals surface area contributed by atoms with Gasteiger partial charge in [0.15, 0.2) is 11.9 Å². The molecule has 2 aromatic heterocycles. The van der Waals surface area contributed by atoms with Crippen LogP contribution in [0.4, 0.5) is 5.95 Å². The van der Waals surface area contributed by atoms with Crippen molar-refractivity contribution in [2.24, 2.45) is 0 Å². The van der Waals surface area contributed by atoms with Gasteiger partial charge in [0.1, 0.15) is 27.5 Å². The molecular weight excluding hydrogens is 381 g/mol. The smallest absolute Gasteiger partial charge is 0.223 e. The Labute approximate surface area is 126 Å². The molecule has 2 aromatic rings. The number of hydrogen-bond donors (Lipinski definition) is 4. The van der Waals surface area contributed by atoms with Gasteiger partial charge in [0.25, 0.3) is 0 Å². The molecular formula is C10H12IN5O4. The maximum Gasteiger partial charge on any atom is 0.223 e. The minimum absolute atomic E-state index is 0.0791. The molecule has 3 rings (SSSR count). The van der Waals surface area contributed by atoms with Gasteiger partial charge >= 0.3 is 0 Å². The lowest BCUT2D eigenvalue weighted by molar-refractivity contribution is -0.0511. The number of nitrogen functional groups attached to an aromatic ring is 1. The van der Waals surface area contributed by atoms with E-state index in [9.17, 15) is 10.2 Å². The van der Waals surface area contributed by atoms with Crippen molar-refractivity contribution >= 4 is 39.7 Å². The lowest BCUT2D eigenvalue weighted by Crippen LogP contribution is -2.33. The summed E-state index contributed by atoms with van der Waals surface area (Å²) in [5.41, 5.74) is 6.53. The fourth-order valence-corrected chi connectivity index (χ4v) is 2.82. The second-order valence-corrected chi connectivity index (χ2v) is 5.45. The van der Waals surface area contributed by atoms with E-state index in [1.54, 1.807) is 0 Å². The predicted octanol–water partition coefficient (Wildman–Crippen LogP) is -1.38. The number of imidazole rings is 1. The number of fused-ring (bicyclic) bond motifs is 1. The molecule has 0 amide bonds. The minimum atomic E-state index is -1.20. The summed E-state index contributed by atoms with van der Waals surface area (Å²) in [6.45, 7) is -0.393. The molecule has 1 aliphatic rings. The predicted molar refractivity (Wildman–Crippen MR) is 75.5 cm³/mol. The maximum absolute atomic E-state index is 10.0. The number of nitrogens with two attached hydrogens (primary N) is 1. The lowest BCUT2D eigenvalue weighted by atomic mass is 10.1. The molecule has 4 unspecified atom stereocenters. The van der Waals surface area contributed by atoms with Crippen LogP contribution in [0, 0.1) is 3.70 Å². The van der Waals surface area contributed by atoms with Gasteiger partial charge in [-0.15, -0.1) is 0 Å². The van der Waals surface area contributed by atoms with E-state index in [-0.39, 0.29) is 5.95 Å². The Balaban J connectivity index is 2.07. The Morgan fingerprint density at radius 1 is 1.35 bits per heavy atom. The molecule has 0 saturated carbocycles. The van der Waals surface area contributed by atoms with Crippen LogP contribution >= 0.6 is 22.6 Å². The van der Waals surface area contributed by atoms with E-state index in [1.807, 2.05) is 22.6 Å². The van der Waals surface area contributed by atoms with E-state index in [1.165, 1.54) is 10.9 Å². The Morgan fingerprint density at radius 3 is 2.75 bits per heavy atom. The minimum Gasteiger partial charge on any atom is -0.394 e. The van der Waals surface area contributed by atoms with Crippen LogP contribution in [0.25, 0.3) is 11.2 Å². The summed E-state index contributed by atoms with van der Waals surface area (Å²) in [7, 11) is 0. The average Bonchev–Trinajstić information content (AvgIpc) is 2.93. The molecule has 9 nitrogen and oxygen atoms in total. The topological polar surface area (TPSA) is 140 Å². The van der Waals surface area contributed by atoms with Gasteiger partial charge in [-0.25, -0.2) is 9.97 Å². The van der Waals surface area contributed by atoms with Gasteiger partial charge < -0.3 is 25.8 Å². The fourth-order valence-electron chi connectivity index (χ4n) is 2.19. The summed E-state index contributed by atoms with van der Waals surface area (Å²) in [5, 5.41) is 28.9. The first-order chi connectivity index (χ1) is 9.52. The Hall–Kier alpha value is -1.08. The molecule has 108 valence electrons. The molecule has 20 heavy (non-hydrogen) atoms. The Morgan fingerprint density at radius 2 is 2.10 bits per heavy atom. The summed E-state index contributed by atoms with van der Waals surface area (Å²) in [5.74, 6) is 0.0791. The number of ether oxygens (including phenoxy) is 1. The van der Waals surface area contributed by atoms with Crippen molar-refractivity contribution in [3.05, 3.63) is 10.0 Å². The highest BCUT2D eigenvalue weighted by Gasteiger charge is 2.44. The number of halogens is 1. The van der Waals surface area contributed by atoms with E-state index in [4.69, 9.17) is 15.6 Å². The van der Waals surface area contributed by atoms with Crippen LogP contribution in [0.15, 0.2) is 6.33 Å². The number of rotatable bonds is 2. The summed E-state index contributed by atoms with van der Waals surface area (Å²) in [4.78, 5) is 12.2.